The SMILES string of the molecule is CC(C)c1ccc(-c2ccc3c(c2)C(=O)CCC3)cc1. The molecule has 0 aromatic heterocycles. The van der Waals surface area contributed by atoms with Crippen LogP contribution in [0, 0.1) is 0 Å². The highest BCUT2D eigenvalue weighted by Gasteiger charge is 2.17. The number of fused-ring (bicyclic) bond motifs is 1. The Balaban J connectivity index is 1.98. The second-order valence-electron chi connectivity index (χ2n) is 5.93. The van der Waals surface area contributed by atoms with E-state index in [0.717, 1.165) is 24.0 Å². The summed E-state index contributed by atoms with van der Waals surface area (Å²) in [6, 6.07) is 15.0. The van der Waals surface area contributed by atoms with Gasteiger partial charge in [0.05, 0.1) is 0 Å². The first kappa shape index (κ1) is 13.1. The molecular formula is C19H20O. The van der Waals surface area contributed by atoms with Crippen molar-refractivity contribution in [2.24, 2.45) is 0 Å². The number of hydrogen-bond donors (Lipinski definition) is 0. The van der Waals surface area contributed by atoms with Crippen molar-refractivity contribution in [3.05, 3.63) is 59.2 Å². The van der Waals surface area contributed by atoms with Crippen LogP contribution in [0.3, 0.4) is 0 Å². The molecule has 0 saturated heterocycles. The van der Waals surface area contributed by atoms with Gasteiger partial charge in [-0.1, -0.05) is 50.2 Å². The zero-order chi connectivity index (χ0) is 14.1. The third kappa shape index (κ3) is 2.40. The van der Waals surface area contributed by atoms with Crippen molar-refractivity contribution in [3.63, 3.8) is 0 Å². The first-order chi connectivity index (χ1) is 9.65. The van der Waals surface area contributed by atoms with Crippen LogP contribution in [0.2, 0.25) is 0 Å². The van der Waals surface area contributed by atoms with E-state index in [1.807, 2.05) is 0 Å². The Morgan fingerprint density at radius 3 is 2.30 bits per heavy atom. The van der Waals surface area contributed by atoms with Crippen molar-refractivity contribution in [1.29, 1.82) is 0 Å². The van der Waals surface area contributed by atoms with E-state index in [2.05, 4.69) is 56.3 Å². The van der Waals surface area contributed by atoms with Crippen molar-refractivity contribution in [3.8, 4) is 11.1 Å². The summed E-state index contributed by atoms with van der Waals surface area (Å²) in [6.45, 7) is 4.40. The summed E-state index contributed by atoms with van der Waals surface area (Å²) in [5.41, 5.74) is 5.83. The summed E-state index contributed by atoms with van der Waals surface area (Å²) in [5.74, 6) is 0.848. The summed E-state index contributed by atoms with van der Waals surface area (Å²) >= 11 is 0. The Morgan fingerprint density at radius 1 is 0.900 bits per heavy atom. The lowest BCUT2D eigenvalue weighted by atomic mass is 9.88. The van der Waals surface area contributed by atoms with E-state index >= 15 is 0 Å². The van der Waals surface area contributed by atoms with Crippen molar-refractivity contribution in [1.82, 2.24) is 0 Å². The van der Waals surface area contributed by atoms with Crippen molar-refractivity contribution >= 4 is 5.78 Å². The topological polar surface area (TPSA) is 17.1 Å². The molecule has 0 amide bonds. The van der Waals surface area contributed by atoms with Crippen molar-refractivity contribution in [2.45, 2.75) is 39.0 Å². The molecule has 3 rings (SSSR count). The number of rotatable bonds is 2. The van der Waals surface area contributed by atoms with E-state index in [-0.39, 0.29) is 0 Å². The molecule has 0 N–H and O–H groups in total. The summed E-state index contributed by atoms with van der Waals surface area (Å²) in [6.07, 6.45) is 2.73. The summed E-state index contributed by atoms with van der Waals surface area (Å²) in [4.78, 5) is 12.0. The van der Waals surface area contributed by atoms with Gasteiger partial charge in [-0.25, -0.2) is 0 Å². The molecular weight excluding hydrogens is 244 g/mol. The van der Waals surface area contributed by atoms with Crippen LogP contribution in [0.4, 0.5) is 0 Å². The fraction of sp³-hybridized carbons (Fsp3) is 0.316. The van der Waals surface area contributed by atoms with Crippen LogP contribution in [0.15, 0.2) is 42.5 Å². The lowest BCUT2D eigenvalue weighted by Crippen LogP contribution is -2.10. The van der Waals surface area contributed by atoms with Gasteiger partial charge in [-0.2, -0.15) is 0 Å². The Bertz CT molecular complexity index is 635. The standard InChI is InChI=1S/C19H20O/c1-13(2)14-6-8-15(9-7-14)17-11-10-16-4-3-5-19(20)18(16)12-17/h6-13H,3-5H2,1-2H3. The monoisotopic (exact) mass is 264 g/mol. The minimum Gasteiger partial charge on any atom is -0.294 e. The average molecular weight is 264 g/mol. The first-order valence-electron chi connectivity index (χ1n) is 7.41. The number of aryl methyl sites for hydroxylation is 1. The molecule has 102 valence electrons. The molecule has 1 heteroatoms. The van der Waals surface area contributed by atoms with E-state index in [1.54, 1.807) is 0 Å². The van der Waals surface area contributed by atoms with E-state index in [1.165, 1.54) is 16.7 Å². The molecule has 20 heavy (non-hydrogen) atoms. The van der Waals surface area contributed by atoms with Crippen molar-refractivity contribution in [2.75, 3.05) is 0 Å². The molecule has 0 spiro atoms. The summed E-state index contributed by atoms with van der Waals surface area (Å²) in [5, 5.41) is 0. The minimum atomic E-state index is 0.298. The zero-order valence-electron chi connectivity index (χ0n) is 12.1. The molecule has 0 saturated carbocycles. The van der Waals surface area contributed by atoms with E-state index < -0.39 is 0 Å². The maximum absolute atomic E-state index is 12.0. The van der Waals surface area contributed by atoms with Crippen LogP contribution in [-0.2, 0) is 6.42 Å². The van der Waals surface area contributed by atoms with Crippen LogP contribution in [0.5, 0.6) is 0 Å². The quantitative estimate of drug-likeness (QED) is 0.746. The first-order valence-corrected chi connectivity index (χ1v) is 7.41. The summed E-state index contributed by atoms with van der Waals surface area (Å²) < 4.78 is 0. The minimum absolute atomic E-state index is 0.298. The largest absolute Gasteiger partial charge is 0.294 e. The van der Waals surface area contributed by atoms with E-state index in [0.29, 0.717) is 18.1 Å². The maximum Gasteiger partial charge on any atom is 0.163 e. The van der Waals surface area contributed by atoms with Gasteiger partial charge in [0.1, 0.15) is 0 Å². The van der Waals surface area contributed by atoms with Gasteiger partial charge in [-0.05, 0) is 47.1 Å². The molecule has 0 bridgehead atoms. The fourth-order valence-electron chi connectivity index (χ4n) is 2.87. The molecule has 0 unspecified atom stereocenters. The van der Waals surface area contributed by atoms with Gasteiger partial charge in [-0.15, -0.1) is 0 Å². The van der Waals surface area contributed by atoms with Gasteiger partial charge in [0.15, 0.2) is 5.78 Å². The lowest BCUT2D eigenvalue weighted by Gasteiger charge is -2.16. The molecule has 0 radical (unpaired) electrons. The Labute approximate surface area is 120 Å². The normalized spacial score (nSPS) is 14.4. The van der Waals surface area contributed by atoms with Gasteiger partial charge in [-0.3, -0.25) is 4.79 Å². The number of ketones is 1. The number of carbonyl (C=O) groups excluding carboxylic acids is 1. The molecule has 1 nitrogen and oxygen atoms in total. The number of Topliss-reactive ketones (excluding diaryl/α,β-unsaturated/α-hetero) is 1. The van der Waals surface area contributed by atoms with Gasteiger partial charge < -0.3 is 0 Å². The Morgan fingerprint density at radius 2 is 1.60 bits per heavy atom. The predicted molar refractivity (Wildman–Crippen MR) is 83.2 cm³/mol. The van der Waals surface area contributed by atoms with Gasteiger partial charge in [0, 0.05) is 12.0 Å². The number of benzene rings is 2. The third-order valence-corrected chi connectivity index (χ3v) is 4.17. The third-order valence-electron chi connectivity index (χ3n) is 4.17. The molecule has 1 aliphatic rings. The van der Waals surface area contributed by atoms with E-state index in [9.17, 15) is 4.79 Å². The van der Waals surface area contributed by atoms with Gasteiger partial charge in [0.25, 0.3) is 0 Å². The molecule has 2 aromatic rings. The maximum atomic E-state index is 12.0. The average Bonchev–Trinajstić information content (AvgIpc) is 2.47. The molecule has 0 fully saturated rings. The Hall–Kier alpha value is -1.89. The second-order valence-corrected chi connectivity index (χ2v) is 5.93. The van der Waals surface area contributed by atoms with Crippen LogP contribution < -0.4 is 0 Å². The van der Waals surface area contributed by atoms with Crippen LogP contribution in [-0.4, -0.2) is 5.78 Å². The molecule has 0 aliphatic heterocycles. The lowest BCUT2D eigenvalue weighted by molar-refractivity contribution is 0.0972. The van der Waals surface area contributed by atoms with E-state index in [4.69, 9.17) is 0 Å². The predicted octanol–water partition coefficient (Wildman–Crippen LogP) is 5.00. The van der Waals surface area contributed by atoms with Crippen LogP contribution in [0.25, 0.3) is 11.1 Å². The molecule has 1 aliphatic carbocycles. The molecule has 0 atom stereocenters. The van der Waals surface area contributed by atoms with Crippen molar-refractivity contribution < 1.29 is 4.79 Å². The highest BCUT2D eigenvalue weighted by molar-refractivity contribution is 5.99. The summed E-state index contributed by atoms with van der Waals surface area (Å²) in [7, 11) is 0. The smallest absolute Gasteiger partial charge is 0.163 e. The molecule has 2 aromatic carbocycles. The highest BCUT2D eigenvalue weighted by Crippen LogP contribution is 2.28. The molecule has 0 heterocycles. The Kier molecular flexibility index (Phi) is 3.43. The van der Waals surface area contributed by atoms with Crippen LogP contribution in [0.1, 0.15) is 54.1 Å². The zero-order valence-corrected chi connectivity index (χ0v) is 12.1. The fourth-order valence-corrected chi connectivity index (χ4v) is 2.87. The van der Waals surface area contributed by atoms with Crippen LogP contribution >= 0.6 is 0 Å². The highest BCUT2D eigenvalue weighted by atomic mass is 16.1. The second kappa shape index (κ2) is 5.24. The number of carbonyl (C=O) groups is 1. The number of hydrogen-bond acceptors (Lipinski definition) is 1. The van der Waals surface area contributed by atoms with Gasteiger partial charge in [0.2, 0.25) is 0 Å². The van der Waals surface area contributed by atoms with Gasteiger partial charge >= 0.3 is 0 Å².